The molecule has 1 atom stereocenters. The molecular weight excluding hydrogens is 382 g/mol. The summed E-state index contributed by atoms with van der Waals surface area (Å²) in [5, 5.41) is 9.37. The van der Waals surface area contributed by atoms with E-state index in [9.17, 15) is 13.2 Å². The molecule has 0 radical (unpaired) electrons. The number of piperazine rings is 1. The fourth-order valence-electron chi connectivity index (χ4n) is 2.72. The van der Waals surface area contributed by atoms with E-state index in [1.807, 2.05) is 18.7 Å². The lowest BCUT2D eigenvalue weighted by molar-refractivity contribution is -0.131. The molecule has 2 heterocycles. The lowest BCUT2D eigenvalue weighted by atomic mass is 10.0. The zero-order valence-corrected chi connectivity index (χ0v) is 16.3. The summed E-state index contributed by atoms with van der Waals surface area (Å²) in [5.41, 5.74) is 1.52. The highest BCUT2D eigenvalue weighted by atomic mass is 35.5. The first-order valence-electron chi connectivity index (χ1n) is 8.30. The molecule has 0 spiro atoms. The number of aromatic nitrogens is 1. The number of hydroxylamine groups is 1. The van der Waals surface area contributed by atoms with Gasteiger partial charge in [0.1, 0.15) is 11.9 Å². The van der Waals surface area contributed by atoms with E-state index in [2.05, 4.69) is 9.71 Å². The van der Waals surface area contributed by atoms with Gasteiger partial charge < -0.3 is 4.90 Å². The number of nitrogens with zero attached hydrogens (tertiary/aromatic N) is 3. The number of pyridine rings is 1. The summed E-state index contributed by atoms with van der Waals surface area (Å²) in [6.45, 7) is 5.18. The van der Waals surface area contributed by atoms with E-state index in [-0.39, 0.29) is 25.4 Å². The molecule has 0 aromatic carbocycles. The van der Waals surface area contributed by atoms with Crippen LogP contribution in [0.25, 0.3) is 0 Å². The maximum Gasteiger partial charge on any atom is 0.280 e. The van der Waals surface area contributed by atoms with Crippen molar-refractivity contribution in [2.24, 2.45) is 5.92 Å². The van der Waals surface area contributed by atoms with Crippen molar-refractivity contribution >= 4 is 33.5 Å². The van der Waals surface area contributed by atoms with Crippen molar-refractivity contribution in [1.29, 1.82) is 0 Å². The molecule has 146 valence electrons. The molecule has 1 amide bonds. The summed E-state index contributed by atoms with van der Waals surface area (Å²) >= 11 is 5.83. The Bertz CT molecular complexity index is 705. The average Bonchev–Trinajstić information content (AvgIpc) is 2.60. The van der Waals surface area contributed by atoms with E-state index in [1.165, 1.54) is 9.79 Å². The van der Waals surface area contributed by atoms with E-state index in [0.29, 0.717) is 18.1 Å². The van der Waals surface area contributed by atoms with Crippen molar-refractivity contribution in [3.63, 3.8) is 0 Å². The lowest BCUT2D eigenvalue weighted by Crippen LogP contribution is -2.56. The third-order valence-corrected chi connectivity index (χ3v) is 5.89. The van der Waals surface area contributed by atoms with Gasteiger partial charge in [0.05, 0.1) is 5.02 Å². The highest BCUT2D eigenvalue weighted by Crippen LogP contribution is 2.17. The molecule has 1 fully saturated rings. The second-order valence-electron chi connectivity index (χ2n) is 6.50. The molecule has 1 aliphatic heterocycles. The van der Waals surface area contributed by atoms with Gasteiger partial charge in [-0.3, -0.25) is 10.0 Å². The van der Waals surface area contributed by atoms with E-state index in [0.717, 1.165) is 5.82 Å². The number of carbonyl (C=O) groups is 1. The Morgan fingerprint density at radius 2 is 1.96 bits per heavy atom. The monoisotopic (exact) mass is 405 g/mol. The molecule has 1 saturated heterocycles. The largest absolute Gasteiger partial charge is 0.354 e. The number of amides is 1. The molecule has 1 aromatic rings. The molecule has 9 nitrogen and oxygen atoms in total. The van der Waals surface area contributed by atoms with E-state index in [1.54, 1.807) is 18.3 Å². The van der Waals surface area contributed by atoms with Crippen molar-refractivity contribution in [3.05, 3.63) is 23.4 Å². The fourth-order valence-corrected chi connectivity index (χ4v) is 4.19. The van der Waals surface area contributed by atoms with Crippen LogP contribution in [0.3, 0.4) is 0 Å². The summed E-state index contributed by atoms with van der Waals surface area (Å²) in [5.74, 6) is 0.0378. The van der Waals surface area contributed by atoms with Gasteiger partial charge in [-0.15, -0.1) is 0 Å². The number of nitrogens with one attached hydrogen (secondary N) is 2. The van der Waals surface area contributed by atoms with E-state index < -0.39 is 22.2 Å². The van der Waals surface area contributed by atoms with Crippen LogP contribution in [0.1, 0.15) is 20.3 Å². The Morgan fingerprint density at radius 3 is 2.46 bits per heavy atom. The highest BCUT2D eigenvalue weighted by molar-refractivity contribution is 7.87. The molecule has 1 aliphatic rings. The number of rotatable bonds is 7. The Balaban J connectivity index is 1.99. The zero-order valence-electron chi connectivity index (χ0n) is 14.7. The van der Waals surface area contributed by atoms with Crippen molar-refractivity contribution in [2.45, 2.75) is 26.3 Å². The smallest absolute Gasteiger partial charge is 0.280 e. The van der Waals surface area contributed by atoms with Crippen LogP contribution in [0.15, 0.2) is 18.3 Å². The molecule has 3 N–H and O–H groups in total. The molecule has 26 heavy (non-hydrogen) atoms. The standard InChI is InChI=1S/C15H24ClN5O4S/c1-11(2)9-13(15(22)18-23)19-26(24,25)21-7-5-20(6-8-21)14-4-3-12(16)10-17-14/h3-4,10-11,13,19,23H,5-9H2,1-2H3,(H,18,22). The van der Waals surface area contributed by atoms with E-state index in [4.69, 9.17) is 16.8 Å². The zero-order chi connectivity index (χ0) is 19.3. The molecule has 0 bridgehead atoms. The minimum atomic E-state index is -3.85. The number of hydrogen-bond acceptors (Lipinski definition) is 6. The first kappa shape index (κ1) is 20.8. The van der Waals surface area contributed by atoms with Gasteiger partial charge in [0.25, 0.3) is 16.1 Å². The summed E-state index contributed by atoms with van der Waals surface area (Å²) in [7, 11) is -3.85. The van der Waals surface area contributed by atoms with Crippen LogP contribution < -0.4 is 15.1 Å². The van der Waals surface area contributed by atoms with Gasteiger partial charge in [-0.2, -0.15) is 17.4 Å². The van der Waals surface area contributed by atoms with Crippen LogP contribution >= 0.6 is 11.6 Å². The van der Waals surface area contributed by atoms with Gasteiger partial charge in [0, 0.05) is 32.4 Å². The molecule has 0 saturated carbocycles. The van der Waals surface area contributed by atoms with Crippen molar-refractivity contribution in [1.82, 2.24) is 19.5 Å². The van der Waals surface area contributed by atoms with Gasteiger partial charge in [-0.25, -0.2) is 10.5 Å². The van der Waals surface area contributed by atoms with Gasteiger partial charge >= 0.3 is 0 Å². The molecular formula is C15H24ClN5O4S. The van der Waals surface area contributed by atoms with Crippen LogP contribution in [0, 0.1) is 5.92 Å². The van der Waals surface area contributed by atoms with Crippen molar-refractivity contribution in [2.75, 3.05) is 31.1 Å². The normalized spacial score (nSPS) is 17.3. The minimum absolute atomic E-state index is 0.0767. The maximum atomic E-state index is 12.6. The van der Waals surface area contributed by atoms with Crippen LogP contribution in [-0.2, 0) is 15.0 Å². The summed E-state index contributed by atoms with van der Waals surface area (Å²) < 4.78 is 28.8. The first-order chi connectivity index (χ1) is 12.2. The Labute approximate surface area is 158 Å². The van der Waals surface area contributed by atoms with Crippen LogP contribution in [0.2, 0.25) is 5.02 Å². The molecule has 0 aliphatic carbocycles. The molecule has 1 aromatic heterocycles. The van der Waals surface area contributed by atoms with Crippen molar-refractivity contribution in [3.8, 4) is 0 Å². The van der Waals surface area contributed by atoms with Gasteiger partial charge in [-0.05, 0) is 24.5 Å². The van der Waals surface area contributed by atoms with Crippen molar-refractivity contribution < 1.29 is 18.4 Å². The highest BCUT2D eigenvalue weighted by Gasteiger charge is 2.32. The Morgan fingerprint density at radius 1 is 1.31 bits per heavy atom. The van der Waals surface area contributed by atoms with E-state index >= 15 is 0 Å². The Kier molecular flexibility index (Phi) is 7.18. The quantitative estimate of drug-likeness (QED) is 0.452. The summed E-state index contributed by atoms with van der Waals surface area (Å²) in [6, 6.07) is 2.49. The number of carbonyl (C=O) groups excluding carboxylic acids is 1. The molecule has 2 rings (SSSR count). The first-order valence-corrected chi connectivity index (χ1v) is 10.1. The fraction of sp³-hybridized carbons (Fsp3) is 0.600. The van der Waals surface area contributed by atoms with Gasteiger partial charge in [-0.1, -0.05) is 25.4 Å². The third kappa shape index (κ3) is 5.52. The average molecular weight is 406 g/mol. The third-order valence-electron chi connectivity index (χ3n) is 4.04. The summed E-state index contributed by atoms with van der Waals surface area (Å²) in [6.07, 6.45) is 1.83. The molecule has 11 heteroatoms. The van der Waals surface area contributed by atoms with Crippen LogP contribution in [0.5, 0.6) is 0 Å². The number of anilines is 1. The molecule has 1 unspecified atom stereocenters. The minimum Gasteiger partial charge on any atom is -0.354 e. The van der Waals surface area contributed by atoms with Crippen LogP contribution in [-0.4, -0.2) is 61.0 Å². The summed E-state index contributed by atoms with van der Waals surface area (Å²) in [4.78, 5) is 17.9. The second kappa shape index (κ2) is 8.96. The number of hydrogen-bond donors (Lipinski definition) is 3. The predicted molar refractivity (Wildman–Crippen MR) is 98.3 cm³/mol. The lowest BCUT2D eigenvalue weighted by Gasteiger charge is -2.35. The number of halogens is 1. The Hall–Kier alpha value is -1.46. The van der Waals surface area contributed by atoms with Gasteiger partial charge in [0.15, 0.2) is 0 Å². The SMILES string of the molecule is CC(C)CC(NS(=O)(=O)N1CCN(c2ccc(Cl)cn2)CC1)C(=O)NO. The topological polar surface area (TPSA) is 115 Å². The predicted octanol–water partition coefficient (Wildman–Crippen LogP) is 0.612. The van der Waals surface area contributed by atoms with Crippen LogP contribution in [0.4, 0.5) is 5.82 Å². The maximum absolute atomic E-state index is 12.6. The van der Waals surface area contributed by atoms with Gasteiger partial charge in [0.2, 0.25) is 0 Å². The second-order valence-corrected chi connectivity index (χ2v) is 8.64.